The first-order chi connectivity index (χ1) is 15.2. The highest BCUT2D eigenvalue weighted by atomic mass is 35.5. The number of amides is 1. The van der Waals surface area contributed by atoms with Gasteiger partial charge < -0.3 is 10.1 Å². The van der Waals surface area contributed by atoms with Crippen LogP contribution in [0.2, 0.25) is 5.02 Å². The third-order valence-electron chi connectivity index (χ3n) is 4.95. The third-order valence-corrected chi connectivity index (χ3v) is 7.33. The van der Waals surface area contributed by atoms with Crippen LogP contribution in [0.3, 0.4) is 0 Å². The molecule has 0 aromatic heterocycles. The number of halogens is 1. The van der Waals surface area contributed by atoms with Crippen molar-refractivity contribution < 1.29 is 22.7 Å². The van der Waals surface area contributed by atoms with E-state index in [2.05, 4.69) is 5.32 Å². The topological polar surface area (TPSA) is 92.8 Å². The van der Waals surface area contributed by atoms with Gasteiger partial charge in [0.15, 0.2) is 6.61 Å². The lowest BCUT2D eigenvalue weighted by atomic mass is 10.0. The summed E-state index contributed by atoms with van der Waals surface area (Å²) in [6.45, 7) is 5.56. The Hall–Kier alpha value is -2.42. The average Bonchev–Trinajstić information content (AvgIpc) is 2.78. The van der Waals surface area contributed by atoms with E-state index in [9.17, 15) is 18.0 Å². The molecule has 0 aliphatic heterocycles. The van der Waals surface area contributed by atoms with Gasteiger partial charge in [0.25, 0.3) is 5.91 Å². The zero-order valence-electron chi connectivity index (χ0n) is 18.5. The molecule has 0 heterocycles. The number of hydrogen-bond acceptors (Lipinski definition) is 5. The van der Waals surface area contributed by atoms with Crippen molar-refractivity contribution in [3.05, 3.63) is 64.7 Å². The Balaban J connectivity index is 2.10. The summed E-state index contributed by atoms with van der Waals surface area (Å²) in [7, 11) is -3.77. The van der Waals surface area contributed by atoms with Crippen LogP contribution in [0.1, 0.15) is 55.6 Å². The van der Waals surface area contributed by atoms with Gasteiger partial charge in [-0.2, -0.15) is 4.31 Å². The molecule has 1 atom stereocenters. The van der Waals surface area contributed by atoms with Crippen LogP contribution in [0.15, 0.2) is 53.4 Å². The standard InChI is InChI=1S/C23H29ClN2O5S/c1-4-10-21(17-11-8-7-9-12-17)25-22(27)16-31-23(28)19-15-18(13-14-20(19)24)32(29,30)26(5-2)6-3/h7-9,11-15,21H,4-6,10,16H2,1-3H3,(H,25,27). The summed E-state index contributed by atoms with van der Waals surface area (Å²) in [5, 5.41) is 2.91. The summed E-state index contributed by atoms with van der Waals surface area (Å²) < 4.78 is 31.9. The number of hydrogen-bond donors (Lipinski definition) is 1. The second-order valence-electron chi connectivity index (χ2n) is 7.13. The van der Waals surface area contributed by atoms with Gasteiger partial charge in [-0.25, -0.2) is 13.2 Å². The summed E-state index contributed by atoms with van der Waals surface area (Å²) >= 11 is 6.10. The fraction of sp³-hybridized carbons (Fsp3) is 0.391. The highest BCUT2D eigenvalue weighted by Crippen LogP contribution is 2.24. The largest absolute Gasteiger partial charge is 0.452 e. The van der Waals surface area contributed by atoms with E-state index in [-0.39, 0.29) is 21.5 Å². The highest BCUT2D eigenvalue weighted by molar-refractivity contribution is 7.89. The Bertz CT molecular complexity index is 1020. The molecule has 2 aromatic carbocycles. The lowest BCUT2D eigenvalue weighted by Crippen LogP contribution is -2.32. The van der Waals surface area contributed by atoms with Gasteiger partial charge in [-0.1, -0.05) is 69.1 Å². The maximum Gasteiger partial charge on any atom is 0.340 e. The van der Waals surface area contributed by atoms with E-state index in [4.69, 9.17) is 16.3 Å². The molecule has 0 aliphatic rings. The molecule has 0 saturated carbocycles. The molecule has 1 amide bonds. The van der Waals surface area contributed by atoms with Gasteiger partial charge in [-0.05, 0) is 30.2 Å². The van der Waals surface area contributed by atoms with E-state index in [1.54, 1.807) is 13.8 Å². The number of benzene rings is 2. The summed E-state index contributed by atoms with van der Waals surface area (Å²) in [6, 6.07) is 13.2. The number of carbonyl (C=O) groups is 2. The highest BCUT2D eigenvalue weighted by Gasteiger charge is 2.25. The van der Waals surface area contributed by atoms with Crippen LogP contribution in [0, 0.1) is 0 Å². The van der Waals surface area contributed by atoms with E-state index in [0.717, 1.165) is 18.4 Å². The van der Waals surface area contributed by atoms with Crippen molar-refractivity contribution in [2.45, 2.75) is 44.6 Å². The lowest BCUT2D eigenvalue weighted by Gasteiger charge is -2.19. The van der Waals surface area contributed by atoms with Crippen molar-refractivity contribution in [2.24, 2.45) is 0 Å². The minimum atomic E-state index is -3.77. The maximum absolute atomic E-state index is 12.7. The summed E-state index contributed by atoms with van der Waals surface area (Å²) in [6.07, 6.45) is 1.60. The van der Waals surface area contributed by atoms with E-state index >= 15 is 0 Å². The van der Waals surface area contributed by atoms with Crippen molar-refractivity contribution in [3.8, 4) is 0 Å². The molecule has 0 radical (unpaired) electrons. The third kappa shape index (κ3) is 6.54. The van der Waals surface area contributed by atoms with Crippen molar-refractivity contribution in [1.29, 1.82) is 0 Å². The Morgan fingerprint density at radius 1 is 1.06 bits per heavy atom. The van der Waals surface area contributed by atoms with E-state index in [1.807, 2.05) is 37.3 Å². The van der Waals surface area contributed by atoms with Crippen LogP contribution in [-0.4, -0.2) is 44.3 Å². The Labute approximate surface area is 194 Å². The zero-order valence-corrected chi connectivity index (χ0v) is 20.1. The monoisotopic (exact) mass is 480 g/mol. The van der Waals surface area contributed by atoms with E-state index < -0.39 is 28.5 Å². The van der Waals surface area contributed by atoms with Crippen molar-refractivity contribution in [3.63, 3.8) is 0 Å². The van der Waals surface area contributed by atoms with Gasteiger partial charge in [-0.15, -0.1) is 0 Å². The predicted molar refractivity (Wildman–Crippen MR) is 124 cm³/mol. The quantitative estimate of drug-likeness (QED) is 0.487. The SMILES string of the molecule is CCCC(NC(=O)COC(=O)c1cc(S(=O)(=O)N(CC)CC)ccc1Cl)c1ccccc1. The summed E-state index contributed by atoms with van der Waals surface area (Å²) in [4.78, 5) is 24.9. The normalized spacial score (nSPS) is 12.4. The van der Waals surface area contributed by atoms with Gasteiger partial charge in [-0.3, -0.25) is 4.79 Å². The smallest absolute Gasteiger partial charge is 0.340 e. The second-order valence-corrected chi connectivity index (χ2v) is 9.47. The van der Waals surface area contributed by atoms with E-state index in [0.29, 0.717) is 13.1 Å². The van der Waals surface area contributed by atoms with Crippen LogP contribution >= 0.6 is 11.6 Å². The van der Waals surface area contributed by atoms with Crippen molar-refractivity contribution in [1.82, 2.24) is 9.62 Å². The molecule has 7 nitrogen and oxygen atoms in total. The molecule has 32 heavy (non-hydrogen) atoms. The number of nitrogens with one attached hydrogen (secondary N) is 1. The molecule has 1 unspecified atom stereocenters. The van der Waals surface area contributed by atoms with Gasteiger partial charge >= 0.3 is 5.97 Å². The molecular weight excluding hydrogens is 452 g/mol. The van der Waals surface area contributed by atoms with Crippen LogP contribution in [0.4, 0.5) is 0 Å². The first kappa shape index (κ1) is 25.8. The predicted octanol–water partition coefficient (Wildman–Crippen LogP) is 4.18. The molecule has 2 rings (SSSR count). The molecular formula is C23H29ClN2O5S. The van der Waals surface area contributed by atoms with E-state index in [1.165, 1.54) is 22.5 Å². The van der Waals surface area contributed by atoms with Crippen LogP contribution < -0.4 is 5.32 Å². The summed E-state index contributed by atoms with van der Waals surface area (Å²) in [5.41, 5.74) is 0.854. The van der Waals surface area contributed by atoms with Crippen LogP contribution in [-0.2, 0) is 19.6 Å². The minimum absolute atomic E-state index is 0.0436. The van der Waals surface area contributed by atoms with Gasteiger partial charge in [0, 0.05) is 13.1 Å². The molecule has 0 bridgehead atoms. The Morgan fingerprint density at radius 2 is 1.72 bits per heavy atom. The maximum atomic E-state index is 12.7. The van der Waals surface area contributed by atoms with Gasteiger partial charge in [0.05, 0.1) is 21.5 Å². The fourth-order valence-corrected chi connectivity index (χ4v) is 4.95. The number of nitrogens with zero attached hydrogens (tertiary/aromatic N) is 1. The van der Waals surface area contributed by atoms with Gasteiger partial charge in [0.2, 0.25) is 10.0 Å². The van der Waals surface area contributed by atoms with Crippen molar-refractivity contribution in [2.75, 3.05) is 19.7 Å². The minimum Gasteiger partial charge on any atom is -0.452 e. The first-order valence-electron chi connectivity index (χ1n) is 10.6. The second kappa shape index (κ2) is 12.0. The molecule has 1 N–H and O–H groups in total. The number of ether oxygens (including phenoxy) is 1. The molecule has 0 saturated heterocycles. The summed E-state index contributed by atoms with van der Waals surface area (Å²) in [5.74, 6) is -1.32. The molecule has 0 spiro atoms. The molecule has 9 heteroatoms. The fourth-order valence-electron chi connectivity index (χ4n) is 3.27. The Kier molecular flexibility index (Phi) is 9.68. The number of rotatable bonds is 11. The van der Waals surface area contributed by atoms with Crippen molar-refractivity contribution >= 4 is 33.5 Å². The zero-order chi connectivity index (χ0) is 23.7. The number of carbonyl (C=O) groups excluding carboxylic acids is 2. The Morgan fingerprint density at radius 3 is 2.31 bits per heavy atom. The molecule has 0 fully saturated rings. The van der Waals surface area contributed by atoms with Crippen LogP contribution in [0.25, 0.3) is 0 Å². The molecule has 2 aromatic rings. The molecule has 0 aliphatic carbocycles. The molecule has 174 valence electrons. The first-order valence-corrected chi connectivity index (χ1v) is 12.4. The van der Waals surface area contributed by atoms with Crippen LogP contribution in [0.5, 0.6) is 0 Å². The number of esters is 1. The number of sulfonamides is 1. The van der Waals surface area contributed by atoms with Gasteiger partial charge in [0.1, 0.15) is 0 Å². The lowest BCUT2D eigenvalue weighted by molar-refractivity contribution is -0.125. The average molecular weight is 481 g/mol.